The number of allylic oxidation sites excluding steroid dienone is 1. The highest BCUT2D eigenvalue weighted by Crippen LogP contribution is 2.29. The van der Waals surface area contributed by atoms with Crippen molar-refractivity contribution in [2.75, 3.05) is 24.3 Å². The van der Waals surface area contributed by atoms with Crippen LogP contribution in [0, 0.1) is 11.3 Å². The molecular weight excluding hydrogens is 665 g/mol. The predicted molar refractivity (Wildman–Crippen MR) is 174 cm³/mol. The van der Waals surface area contributed by atoms with Gasteiger partial charge in [-0.1, -0.05) is 34.8 Å². The van der Waals surface area contributed by atoms with Crippen LogP contribution in [0.1, 0.15) is 20.7 Å². The normalized spacial score (nSPS) is 11.7. The highest BCUT2D eigenvalue weighted by molar-refractivity contribution is 7.90. The Kier molecular flexibility index (Phi) is 10.2. The second-order valence-electron chi connectivity index (χ2n) is 9.40. The summed E-state index contributed by atoms with van der Waals surface area (Å²) in [5.74, 6) is -1.80. The van der Waals surface area contributed by atoms with Crippen LogP contribution in [0.25, 0.3) is 5.82 Å². The number of amides is 1. The first kappa shape index (κ1) is 32.9. The molecule has 0 aliphatic heterocycles. The number of hydrogen-bond acceptors (Lipinski definition) is 7. The smallest absolute Gasteiger partial charge is 0.330 e. The first-order valence-electron chi connectivity index (χ1n) is 12.6. The van der Waals surface area contributed by atoms with Crippen molar-refractivity contribution in [2.24, 2.45) is 0 Å². The number of thiol groups is 1. The monoisotopic (exact) mass is 686 g/mol. The molecule has 0 aliphatic carbocycles. The van der Waals surface area contributed by atoms with Crippen LogP contribution in [0.3, 0.4) is 0 Å². The molecule has 0 aliphatic rings. The van der Waals surface area contributed by atoms with Gasteiger partial charge in [0.15, 0.2) is 5.57 Å². The van der Waals surface area contributed by atoms with Gasteiger partial charge in [-0.15, -0.1) is 12.6 Å². The quantitative estimate of drug-likeness (QED) is 0.0643. The Labute approximate surface area is 274 Å². The number of aromatic nitrogens is 1. The van der Waals surface area contributed by atoms with Crippen molar-refractivity contribution in [2.45, 2.75) is 9.79 Å². The van der Waals surface area contributed by atoms with Crippen LogP contribution < -0.4 is 19.5 Å². The van der Waals surface area contributed by atoms with Gasteiger partial charge in [-0.3, -0.25) is 9.59 Å². The molecule has 0 saturated carbocycles. The van der Waals surface area contributed by atoms with Gasteiger partial charge in [0, 0.05) is 58.1 Å². The molecule has 0 fully saturated rings. The summed E-state index contributed by atoms with van der Waals surface area (Å²) in [6.07, 6.45) is 2.99. The van der Waals surface area contributed by atoms with E-state index in [1.54, 1.807) is 36.4 Å². The molecule has 1 aromatic heterocycles. The number of carbonyl (C=O) groups excluding carboxylic acids is 2. The fourth-order valence-electron chi connectivity index (χ4n) is 3.90. The molecule has 9 nitrogen and oxygen atoms in total. The number of hydrogen-bond donors (Lipinski definition) is 3. The summed E-state index contributed by atoms with van der Waals surface area (Å²) in [4.78, 5) is 27.9. The van der Waals surface area contributed by atoms with Gasteiger partial charge in [0.25, 0.3) is 5.91 Å². The Morgan fingerprint density at radius 3 is 2.02 bits per heavy atom. The number of nitrogens with zero attached hydrogens (tertiary/aromatic N) is 3. The Morgan fingerprint density at radius 2 is 1.48 bits per heavy atom. The molecule has 4 rings (SSSR count). The zero-order chi connectivity index (χ0) is 32.2. The van der Waals surface area contributed by atoms with Crippen LogP contribution in [0.2, 0.25) is 15.1 Å². The van der Waals surface area contributed by atoms with Crippen LogP contribution in [-0.4, -0.2) is 34.2 Å². The van der Waals surface area contributed by atoms with Crippen molar-refractivity contribution in [3.05, 3.63) is 117 Å². The average molecular weight is 688 g/mol. The first-order valence-corrected chi connectivity index (χ1v) is 15.6. The Balaban J connectivity index is 1.81. The van der Waals surface area contributed by atoms with E-state index >= 15 is 0 Å². The van der Waals surface area contributed by atoms with Crippen molar-refractivity contribution < 1.29 is 22.6 Å². The fourth-order valence-corrected chi connectivity index (χ4v) is 6.21. The standard InChI is InChI=1S/C30H22Cl3N5O4S2/c1-37(2)22-11-13-38(14-12-22)29(24(17-34)28(39)18-3-5-19(31)6-4-18)36-44(41,42)27-15-23(25(33)16-26(27)43)30(40)35-21-9-7-20(32)8-10-21/h3-16H,1-2H3,(H2-,35,36,39,40,43)/p+1. The van der Waals surface area contributed by atoms with E-state index < -0.39 is 32.2 Å². The fraction of sp³-hybridized carbons (Fsp3) is 0.0667. The lowest BCUT2D eigenvalue weighted by Crippen LogP contribution is -2.43. The van der Waals surface area contributed by atoms with E-state index in [1.165, 1.54) is 47.3 Å². The number of pyridine rings is 1. The summed E-state index contributed by atoms with van der Waals surface area (Å²) in [5, 5.41) is 13.5. The Hall–Kier alpha value is -4.05. The van der Waals surface area contributed by atoms with Crippen LogP contribution >= 0.6 is 47.4 Å². The van der Waals surface area contributed by atoms with Gasteiger partial charge in [0.2, 0.25) is 5.78 Å². The van der Waals surface area contributed by atoms with E-state index in [0.29, 0.717) is 15.7 Å². The number of benzene rings is 3. The van der Waals surface area contributed by atoms with E-state index in [1.807, 2.05) is 25.1 Å². The van der Waals surface area contributed by atoms with Gasteiger partial charge < -0.3 is 10.2 Å². The summed E-state index contributed by atoms with van der Waals surface area (Å²) in [5.41, 5.74) is 0.614. The molecule has 3 aromatic carbocycles. The summed E-state index contributed by atoms with van der Waals surface area (Å²) in [6, 6.07) is 19.5. The van der Waals surface area contributed by atoms with Crippen LogP contribution in [0.5, 0.6) is 0 Å². The molecule has 4 aromatic rings. The zero-order valence-electron chi connectivity index (χ0n) is 23.0. The summed E-state index contributed by atoms with van der Waals surface area (Å²) < 4.78 is 31.4. The van der Waals surface area contributed by atoms with E-state index in [-0.39, 0.29) is 26.9 Å². The van der Waals surface area contributed by atoms with Crippen molar-refractivity contribution in [1.29, 1.82) is 5.26 Å². The van der Waals surface area contributed by atoms with Gasteiger partial charge in [-0.2, -0.15) is 18.4 Å². The number of carbonyl (C=O) groups is 2. The first-order chi connectivity index (χ1) is 20.8. The van der Waals surface area contributed by atoms with E-state index in [0.717, 1.165) is 11.8 Å². The molecular formula is C30H23Cl3N5O4S2+. The third kappa shape index (κ3) is 7.53. The second kappa shape index (κ2) is 13.7. The number of nitriles is 1. The molecule has 0 atom stereocenters. The minimum absolute atomic E-state index is 0.0551. The van der Waals surface area contributed by atoms with Crippen molar-refractivity contribution in [1.82, 2.24) is 4.72 Å². The van der Waals surface area contributed by atoms with Gasteiger partial charge in [-0.05, 0) is 60.7 Å². The Bertz CT molecular complexity index is 1920. The zero-order valence-corrected chi connectivity index (χ0v) is 27.0. The van der Waals surface area contributed by atoms with Gasteiger partial charge in [0.1, 0.15) is 11.0 Å². The molecule has 0 radical (unpaired) electrons. The molecule has 0 saturated heterocycles. The predicted octanol–water partition coefficient (Wildman–Crippen LogP) is 6.09. The molecule has 0 bridgehead atoms. The topological polar surface area (TPSA) is 123 Å². The second-order valence-corrected chi connectivity index (χ2v) is 12.8. The van der Waals surface area contributed by atoms with Crippen LogP contribution in [0.15, 0.2) is 101 Å². The van der Waals surface area contributed by atoms with Crippen molar-refractivity contribution in [3.8, 4) is 6.07 Å². The maximum atomic E-state index is 13.9. The largest absolute Gasteiger partial charge is 0.377 e. The number of sulfonamides is 1. The number of nitrogens with one attached hydrogen (secondary N) is 2. The number of Topliss-reactive ketones (excluding diaryl/α,β-unsaturated/α-hetero) is 1. The number of ketones is 1. The molecule has 2 N–H and O–H groups in total. The molecule has 0 spiro atoms. The highest BCUT2D eigenvalue weighted by Gasteiger charge is 2.32. The van der Waals surface area contributed by atoms with Gasteiger partial charge >= 0.3 is 15.8 Å². The van der Waals surface area contributed by atoms with E-state index in [4.69, 9.17) is 34.8 Å². The van der Waals surface area contributed by atoms with Gasteiger partial charge in [0.05, 0.1) is 23.0 Å². The lowest BCUT2D eigenvalue weighted by atomic mass is 10.0. The minimum Gasteiger partial charge on any atom is -0.377 e. The summed E-state index contributed by atoms with van der Waals surface area (Å²) >= 11 is 22.5. The molecule has 224 valence electrons. The molecule has 14 heteroatoms. The number of halogens is 3. The molecule has 44 heavy (non-hydrogen) atoms. The third-order valence-corrected chi connectivity index (χ3v) is 8.90. The summed E-state index contributed by atoms with van der Waals surface area (Å²) in [6.45, 7) is 0. The SMILES string of the molecule is CN(C)c1cc[n+](/C(NS(=O)(=O)c2cc(C(=O)Nc3ccc(Cl)cc3)c(Cl)cc2S)=C(\C#N)C(=O)c2ccc(Cl)cc2)cc1. The summed E-state index contributed by atoms with van der Waals surface area (Å²) in [7, 11) is -0.952. The van der Waals surface area contributed by atoms with Gasteiger partial charge in [-0.25, -0.2) is 4.57 Å². The number of anilines is 2. The van der Waals surface area contributed by atoms with Crippen LogP contribution in [0.4, 0.5) is 11.4 Å². The van der Waals surface area contributed by atoms with Crippen molar-refractivity contribution >= 4 is 86.3 Å². The van der Waals surface area contributed by atoms with E-state index in [2.05, 4.69) is 22.7 Å². The maximum Gasteiger partial charge on any atom is 0.330 e. The lowest BCUT2D eigenvalue weighted by molar-refractivity contribution is -0.584. The molecule has 0 unspecified atom stereocenters. The molecule has 1 amide bonds. The third-order valence-electron chi connectivity index (χ3n) is 6.18. The van der Waals surface area contributed by atoms with Crippen molar-refractivity contribution in [3.63, 3.8) is 0 Å². The number of rotatable bonds is 9. The Morgan fingerprint density at radius 1 is 0.909 bits per heavy atom. The molecule has 1 heterocycles. The maximum absolute atomic E-state index is 13.9. The average Bonchev–Trinajstić information content (AvgIpc) is 2.98. The van der Waals surface area contributed by atoms with E-state index in [9.17, 15) is 23.3 Å². The lowest BCUT2D eigenvalue weighted by Gasteiger charge is -2.14. The minimum atomic E-state index is -4.59. The highest BCUT2D eigenvalue weighted by atomic mass is 35.5. The van der Waals surface area contributed by atoms with Crippen LogP contribution in [-0.2, 0) is 10.0 Å².